The minimum atomic E-state index is -0.330. The van der Waals surface area contributed by atoms with E-state index in [1.165, 1.54) is 12.3 Å². The van der Waals surface area contributed by atoms with Crippen molar-refractivity contribution in [3.05, 3.63) is 59.4 Å². The van der Waals surface area contributed by atoms with Crippen molar-refractivity contribution in [2.45, 2.75) is 13.3 Å². The number of para-hydroxylation sites is 1. The molecule has 132 valence electrons. The molecule has 2 N–H and O–H groups in total. The van der Waals surface area contributed by atoms with Crippen LogP contribution < -0.4 is 10.6 Å². The van der Waals surface area contributed by atoms with Crippen LogP contribution in [-0.2, 0) is 6.42 Å². The summed E-state index contributed by atoms with van der Waals surface area (Å²) in [5.41, 5.74) is 2.44. The van der Waals surface area contributed by atoms with Gasteiger partial charge in [-0.15, -0.1) is 0 Å². The van der Waals surface area contributed by atoms with E-state index in [9.17, 15) is 9.59 Å². The summed E-state index contributed by atoms with van der Waals surface area (Å²) in [5.74, 6) is -0.545. The summed E-state index contributed by atoms with van der Waals surface area (Å²) in [6.45, 7) is 3.32. The highest BCUT2D eigenvalue weighted by atomic mass is 16.2. The lowest BCUT2D eigenvalue weighted by atomic mass is 10.1. The lowest BCUT2D eigenvalue weighted by molar-refractivity contribution is 0.0951. The minimum absolute atomic E-state index is 0.214. The first kappa shape index (κ1) is 18.6. The molecule has 1 heterocycles. The summed E-state index contributed by atoms with van der Waals surface area (Å²) in [4.78, 5) is 30.7. The van der Waals surface area contributed by atoms with E-state index in [4.69, 9.17) is 0 Å². The number of carbonyl (C=O) groups is 2. The van der Waals surface area contributed by atoms with E-state index in [1.807, 2.05) is 50.2 Å². The summed E-state index contributed by atoms with van der Waals surface area (Å²) in [5, 5.41) is 5.69. The molecular formula is C19H24N4O2. The largest absolute Gasteiger partial charge is 0.351 e. The number of benzene rings is 1. The van der Waals surface area contributed by atoms with Crippen LogP contribution >= 0.6 is 0 Å². The lowest BCUT2D eigenvalue weighted by Crippen LogP contribution is -2.31. The minimum Gasteiger partial charge on any atom is -0.351 e. The number of aryl methyl sites for hydroxylation is 1. The van der Waals surface area contributed by atoms with Crippen molar-refractivity contribution in [3.8, 4) is 0 Å². The van der Waals surface area contributed by atoms with Crippen molar-refractivity contribution in [2.24, 2.45) is 0 Å². The number of anilines is 1. The normalized spacial score (nSPS) is 10.6. The third-order valence-electron chi connectivity index (χ3n) is 3.75. The molecule has 0 aliphatic carbocycles. The number of nitrogens with zero attached hydrogens (tertiary/aromatic N) is 2. The lowest BCUT2D eigenvalue weighted by Gasteiger charge is -2.11. The van der Waals surface area contributed by atoms with Gasteiger partial charge in [-0.05, 0) is 44.3 Å². The standard InChI is InChI=1S/C19H24N4O2/c1-4-14-7-5-6-8-16(14)22-19(25)17-13-15(9-10-20-17)18(24)21-11-12-23(2)3/h5-10,13H,4,11-12H2,1-3H3,(H,21,24)(H,22,25). The van der Waals surface area contributed by atoms with Gasteiger partial charge in [-0.1, -0.05) is 25.1 Å². The summed E-state index contributed by atoms with van der Waals surface area (Å²) in [7, 11) is 3.88. The van der Waals surface area contributed by atoms with E-state index >= 15 is 0 Å². The molecule has 0 saturated heterocycles. The van der Waals surface area contributed by atoms with Gasteiger partial charge in [-0.25, -0.2) is 0 Å². The van der Waals surface area contributed by atoms with Crippen LogP contribution in [0.15, 0.2) is 42.6 Å². The summed E-state index contributed by atoms with van der Waals surface area (Å²) >= 11 is 0. The van der Waals surface area contributed by atoms with Gasteiger partial charge in [0.15, 0.2) is 0 Å². The smallest absolute Gasteiger partial charge is 0.274 e. The molecule has 2 aromatic rings. The van der Waals surface area contributed by atoms with Crippen LogP contribution in [0.4, 0.5) is 5.69 Å². The average molecular weight is 340 g/mol. The fourth-order valence-corrected chi connectivity index (χ4v) is 2.33. The molecule has 0 fully saturated rings. The Hall–Kier alpha value is -2.73. The van der Waals surface area contributed by atoms with Gasteiger partial charge >= 0.3 is 0 Å². The van der Waals surface area contributed by atoms with Gasteiger partial charge in [-0.3, -0.25) is 14.6 Å². The molecule has 0 spiro atoms. The topological polar surface area (TPSA) is 74.3 Å². The van der Waals surface area contributed by atoms with Crippen LogP contribution in [-0.4, -0.2) is 48.9 Å². The van der Waals surface area contributed by atoms with E-state index in [2.05, 4.69) is 15.6 Å². The monoisotopic (exact) mass is 340 g/mol. The van der Waals surface area contributed by atoms with Crippen LogP contribution in [0.2, 0.25) is 0 Å². The zero-order valence-electron chi connectivity index (χ0n) is 14.9. The Morgan fingerprint density at radius 2 is 1.88 bits per heavy atom. The second kappa shape index (κ2) is 8.94. The summed E-state index contributed by atoms with van der Waals surface area (Å²) in [6.07, 6.45) is 2.29. The maximum Gasteiger partial charge on any atom is 0.274 e. The molecule has 6 nitrogen and oxygen atoms in total. The number of nitrogens with one attached hydrogen (secondary N) is 2. The summed E-state index contributed by atoms with van der Waals surface area (Å²) < 4.78 is 0. The maximum absolute atomic E-state index is 12.4. The van der Waals surface area contributed by atoms with Gasteiger partial charge in [0, 0.05) is 30.5 Å². The van der Waals surface area contributed by atoms with Crippen LogP contribution in [0, 0.1) is 0 Å². The Morgan fingerprint density at radius 3 is 2.60 bits per heavy atom. The highest BCUT2D eigenvalue weighted by Crippen LogP contribution is 2.16. The Morgan fingerprint density at radius 1 is 1.12 bits per heavy atom. The quantitative estimate of drug-likeness (QED) is 0.810. The van der Waals surface area contributed by atoms with Crippen molar-refractivity contribution < 1.29 is 9.59 Å². The number of hydrogen-bond acceptors (Lipinski definition) is 4. The average Bonchev–Trinajstić information content (AvgIpc) is 2.61. The van der Waals surface area contributed by atoms with Crippen molar-refractivity contribution in [1.29, 1.82) is 0 Å². The second-order valence-electron chi connectivity index (χ2n) is 5.95. The van der Waals surface area contributed by atoms with Crippen molar-refractivity contribution in [1.82, 2.24) is 15.2 Å². The van der Waals surface area contributed by atoms with E-state index in [0.29, 0.717) is 12.1 Å². The Kier molecular flexibility index (Phi) is 6.65. The zero-order chi connectivity index (χ0) is 18.2. The number of carbonyl (C=O) groups excluding carboxylic acids is 2. The van der Waals surface area contributed by atoms with Crippen LogP contribution in [0.5, 0.6) is 0 Å². The molecular weight excluding hydrogens is 316 g/mol. The number of hydrogen-bond donors (Lipinski definition) is 2. The van der Waals surface area contributed by atoms with Gasteiger partial charge in [0.1, 0.15) is 5.69 Å². The molecule has 0 aliphatic rings. The fraction of sp³-hybridized carbons (Fsp3) is 0.316. The molecule has 0 atom stereocenters. The molecule has 0 unspecified atom stereocenters. The molecule has 0 bridgehead atoms. The molecule has 1 aromatic carbocycles. The molecule has 25 heavy (non-hydrogen) atoms. The van der Waals surface area contributed by atoms with Gasteiger partial charge < -0.3 is 15.5 Å². The molecule has 6 heteroatoms. The second-order valence-corrected chi connectivity index (χ2v) is 5.95. The first-order chi connectivity index (χ1) is 12.0. The summed E-state index contributed by atoms with van der Waals surface area (Å²) in [6, 6.07) is 10.7. The van der Waals surface area contributed by atoms with Gasteiger partial charge in [0.25, 0.3) is 11.8 Å². The zero-order valence-corrected chi connectivity index (χ0v) is 14.9. The molecule has 0 radical (unpaired) electrons. The molecule has 2 amide bonds. The number of likely N-dealkylation sites (N-methyl/N-ethyl adjacent to an activating group) is 1. The van der Waals surface area contributed by atoms with E-state index in [0.717, 1.165) is 24.2 Å². The van der Waals surface area contributed by atoms with Gasteiger partial charge in [0.2, 0.25) is 0 Å². The predicted octanol–water partition coefficient (Wildman–Crippen LogP) is 2.19. The number of rotatable bonds is 7. The first-order valence-electron chi connectivity index (χ1n) is 8.29. The predicted molar refractivity (Wildman–Crippen MR) is 98.9 cm³/mol. The van der Waals surface area contributed by atoms with E-state index < -0.39 is 0 Å². The van der Waals surface area contributed by atoms with Crippen LogP contribution in [0.1, 0.15) is 33.3 Å². The van der Waals surface area contributed by atoms with Crippen LogP contribution in [0.25, 0.3) is 0 Å². The number of aromatic nitrogens is 1. The van der Waals surface area contributed by atoms with Crippen molar-refractivity contribution in [2.75, 3.05) is 32.5 Å². The maximum atomic E-state index is 12.4. The fourth-order valence-electron chi connectivity index (χ4n) is 2.33. The SMILES string of the molecule is CCc1ccccc1NC(=O)c1cc(C(=O)NCCN(C)C)ccn1. The van der Waals surface area contributed by atoms with Gasteiger partial charge in [-0.2, -0.15) is 0 Å². The number of pyridine rings is 1. The Labute approximate surface area is 148 Å². The first-order valence-corrected chi connectivity index (χ1v) is 8.29. The highest BCUT2D eigenvalue weighted by Gasteiger charge is 2.13. The van der Waals surface area contributed by atoms with E-state index in [-0.39, 0.29) is 17.5 Å². The molecule has 0 saturated carbocycles. The van der Waals surface area contributed by atoms with Crippen molar-refractivity contribution >= 4 is 17.5 Å². The Bertz CT molecular complexity index is 744. The van der Waals surface area contributed by atoms with Crippen molar-refractivity contribution in [3.63, 3.8) is 0 Å². The van der Waals surface area contributed by atoms with Gasteiger partial charge in [0.05, 0.1) is 0 Å². The number of amides is 2. The Balaban J connectivity index is 2.07. The highest BCUT2D eigenvalue weighted by molar-refractivity contribution is 6.05. The van der Waals surface area contributed by atoms with Crippen LogP contribution in [0.3, 0.4) is 0 Å². The molecule has 0 aliphatic heterocycles. The molecule has 2 rings (SSSR count). The van der Waals surface area contributed by atoms with E-state index in [1.54, 1.807) is 6.07 Å². The third kappa shape index (κ3) is 5.39. The molecule has 1 aromatic heterocycles. The third-order valence-corrected chi connectivity index (χ3v) is 3.75.